The Kier molecular flexibility index (Phi) is 2.83. The first-order valence-corrected chi connectivity index (χ1v) is 6.83. The van der Waals surface area contributed by atoms with Crippen molar-refractivity contribution >= 4 is 21.6 Å². The van der Waals surface area contributed by atoms with E-state index in [0.717, 1.165) is 0 Å². The first-order chi connectivity index (χ1) is 8.26. The molecule has 1 aromatic rings. The van der Waals surface area contributed by atoms with Crippen molar-refractivity contribution in [2.75, 3.05) is 12.4 Å². The molecule has 2 N–H and O–H groups in total. The number of sulfonamides is 1. The highest BCUT2D eigenvalue weighted by Crippen LogP contribution is 2.35. The number of fused-ring (bicyclic) bond motifs is 1. The minimum Gasteiger partial charge on any atom is -0.476 e. The molecule has 1 amide bonds. The first-order valence-electron chi connectivity index (χ1n) is 5.34. The van der Waals surface area contributed by atoms with Gasteiger partial charge in [-0.2, -0.15) is 0 Å². The Morgan fingerprint density at radius 3 is 2.61 bits per heavy atom. The second-order valence-electron chi connectivity index (χ2n) is 4.43. The van der Waals surface area contributed by atoms with Crippen molar-refractivity contribution in [2.24, 2.45) is 0 Å². The van der Waals surface area contributed by atoms with Crippen molar-refractivity contribution in [1.82, 2.24) is 4.72 Å². The van der Waals surface area contributed by atoms with Crippen LogP contribution in [0.4, 0.5) is 5.69 Å². The summed E-state index contributed by atoms with van der Waals surface area (Å²) < 4.78 is 31.0. The van der Waals surface area contributed by atoms with E-state index in [-0.39, 0.29) is 10.8 Å². The van der Waals surface area contributed by atoms with Crippen LogP contribution in [0.2, 0.25) is 0 Å². The number of benzene rings is 1. The van der Waals surface area contributed by atoms with Crippen LogP contribution in [0, 0.1) is 0 Å². The maximum Gasteiger partial charge on any atom is 0.268 e. The number of carbonyl (C=O) groups is 1. The smallest absolute Gasteiger partial charge is 0.268 e. The molecule has 0 unspecified atom stereocenters. The molecular weight excluding hydrogens is 256 g/mol. The number of hydrogen-bond donors (Lipinski definition) is 2. The van der Waals surface area contributed by atoms with Crippen LogP contribution in [-0.4, -0.2) is 27.0 Å². The molecule has 0 aromatic heterocycles. The maximum absolute atomic E-state index is 11.7. The van der Waals surface area contributed by atoms with Crippen molar-refractivity contribution in [1.29, 1.82) is 0 Å². The van der Waals surface area contributed by atoms with E-state index in [1.54, 1.807) is 13.8 Å². The molecule has 1 aliphatic rings. The molecule has 1 aromatic carbocycles. The van der Waals surface area contributed by atoms with E-state index in [9.17, 15) is 13.2 Å². The molecule has 1 aliphatic heterocycles. The van der Waals surface area contributed by atoms with E-state index in [0.29, 0.717) is 11.4 Å². The maximum atomic E-state index is 11.7. The Balaban J connectivity index is 2.49. The Morgan fingerprint density at radius 1 is 1.33 bits per heavy atom. The van der Waals surface area contributed by atoms with Gasteiger partial charge in [-0.05, 0) is 33.0 Å². The van der Waals surface area contributed by atoms with Crippen LogP contribution < -0.4 is 14.8 Å². The number of hydrogen-bond acceptors (Lipinski definition) is 4. The fourth-order valence-electron chi connectivity index (χ4n) is 1.57. The van der Waals surface area contributed by atoms with Crippen LogP contribution in [0.25, 0.3) is 0 Å². The Morgan fingerprint density at radius 2 is 2.00 bits per heavy atom. The highest BCUT2D eigenvalue weighted by atomic mass is 32.2. The van der Waals surface area contributed by atoms with Gasteiger partial charge in [0.25, 0.3) is 5.91 Å². The van der Waals surface area contributed by atoms with E-state index < -0.39 is 15.6 Å². The summed E-state index contributed by atoms with van der Waals surface area (Å²) in [5, 5.41) is 2.67. The normalized spacial score (nSPS) is 17.6. The molecule has 0 radical (unpaired) electrons. The summed E-state index contributed by atoms with van der Waals surface area (Å²) in [5.41, 5.74) is -0.552. The summed E-state index contributed by atoms with van der Waals surface area (Å²) in [4.78, 5) is 11.7. The summed E-state index contributed by atoms with van der Waals surface area (Å²) in [7, 11) is -2.19. The summed E-state index contributed by atoms with van der Waals surface area (Å²) in [6.07, 6.45) is 0. The number of rotatable bonds is 2. The number of carbonyl (C=O) groups excluding carboxylic acids is 1. The van der Waals surface area contributed by atoms with Crippen molar-refractivity contribution < 1.29 is 17.9 Å². The van der Waals surface area contributed by atoms with Crippen molar-refractivity contribution in [2.45, 2.75) is 24.3 Å². The molecule has 0 saturated carbocycles. The highest BCUT2D eigenvalue weighted by molar-refractivity contribution is 7.89. The minimum absolute atomic E-state index is 0.0932. The first kappa shape index (κ1) is 12.8. The van der Waals surface area contributed by atoms with Gasteiger partial charge in [0.15, 0.2) is 5.60 Å². The predicted molar refractivity (Wildman–Crippen MR) is 66.0 cm³/mol. The average molecular weight is 270 g/mol. The highest BCUT2D eigenvalue weighted by Gasteiger charge is 2.35. The third kappa shape index (κ3) is 2.06. The third-order valence-corrected chi connectivity index (χ3v) is 4.10. The largest absolute Gasteiger partial charge is 0.476 e. The van der Waals surface area contributed by atoms with Crippen molar-refractivity contribution in [3.63, 3.8) is 0 Å². The molecule has 0 atom stereocenters. The van der Waals surface area contributed by atoms with Crippen LogP contribution in [0.15, 0.2) is 23.1 Å². The molecule has 0 bridgehead atoms. The van der Waals surface area contributed by atoms with Crippen molar-refractivity contribution in [3.05, 3.63) is 18.2 Å². The second kappa shape index (κ2) is 3.96. The van der Waals surface area contributed by atoms with Gasteiger partial charge in [-0.3, -0.25) is 4.79 Å². The van der Waals surface area contributed by atoms with Gasteiger partial charge in [0.1, 0.15) is 5.75 Å². The van der Waals surface area contributed by atoms with Gasteiger partial charge in [-0.25, -0.2) is 13.1 Å². The summed E-state index contributed by atoms with van der Waals surface area (Å²) in [5.74, 6) is 0.0788. The van der Waals surface area contributed by atoms with Crippen LogP contribution in [-0.2, 0) is 14.8 Å². The molecule has 18 heavy (non-hydrogen) atoms. The molecule has 0 saturated heterocycles. The molecule has 1 heterocycles. The standard InChI is InChI=1S/C11H14N2O4S/c1-11(2)10(14)13-8-5-4-7(6-9(8)17-11)18(15,16)12-3/h4-6,12H,1-3H3,(H,13,14). The zero-order valence-electron chi connectivity index (χ0n) is 10.3. The molecule has 6 nitrogen and oxygen atoms in total. The van der Waals surface area contributed by atoms with Gasteiger partial charge in [-0.1, -0.05) is 0 Å². The zero-order valence-corrected chi connectivity index (χ0v) is 11.1. The summed E-state index contributed by atoms with van der Waals surface area (Å²) >= 11 is 0. The van der Waals surface area contributed by atoms with Gasteiger partial charge in [-0.15, -0.1) is 0 Å². The fraction of sp³-hybridized carbons (Fsp3) is 0.364. The lowest BCUT2D eigenvalue weighted by molar-refractivity contribution is -0.129. The minimum atomic E-state index is -3.53. The van der Waals surface area contributed by atoms with Gasteiger partial charge < -0.3 is 10.1 Å². The summed E-state index contributed by atoms with van der Waals surface area (Å²) in [6, 6.07) is 4.31. The Bertz CT molecular complexity index is 607. The van der Waals surface area contributed by atoms with Crippen LogP contribution >= 0.6 is 0 Å². The quantitative estimate of drug-likeness (QED) is 0.828. The molecule has 2 rings (SSSR count). The third-order valence-electron chi connectivity index (χ3n) is 2.69. The zero-order chi connectivity index (χ0) is 13.6. The van der Waals surface area contributed by atoms with E-state index >= 15 is 0 Å². The SMILES string of the molecule is CNS(=O)(=O)c1ccc2c(c1)OC(C)(C)C(=O)N2. The number of anilines is 1. The molecule has 98 valence electrons. The van der Waals surface area contributed by atoms with Crippen LogP contribution in [0.5, 0.6) is 5.75 Å². The summed E-state index contributed by atoms with van der Waals surface area (Å²) in [6.45, 7) is 3.23. The van der Waals surface area contributed by atoms with Crippen molar-refractivity contribution in [3.8, 4) is 5.75 Å². The Hall–Kier alpha value is -1.60. The molecule has 0 spiro atoms. The molecule has 0 fully saturated rings. The number of nitrogens with one attached hydrogen (secondary N) is 2. The van der Waals surface area contributed by atoms with E-state index in [4.69, 9.17) is 4.74 Å². The average Bonchev–Trinajstić information content (AvgIpc) is 2.29. The van der Waals surface area contributed by atoms with Gasteiger partial charge in [0.2, 0.25) is 10.0 Å². The van der Waals surface area contributed by atoms with E-state index in [1.807, 2.05) is 0 Å². The number of amides is 1. The molecule has 0 aliphatic carbocycles. The van der Waals surface area contributed by atoms with Gasteiger partial charge >= 0.3 is 0 Å². The van der Waals surface area contributed by atoms with Gasteiger partial charge in [0, 0.05) is 6.07 Å². The van der Waals surface area contributed by atoms with Gasteiger partial charge in [0.05, 0.1) is 10.6 Å². The second-order valence-corrected chi connectivity index (χ2v) is 6.32. The van der Waals surface area contributed by atoms with E-state index in [2.05, 4.69) is 10.0 Å². The van der Waals surface area contributed by atoms with E-state index in [1.165, 1.54) is 25.2 Å². The lowest BCUT2D eigenvalue weighted by Crippen LogP contribution is -2.45. The van der Waals surface area contributed by atoms with Crippen LogP contribution in [0.3, 0.4) is 0 Å². The van der Waals surface area contributed by atoms with Crippen LogP contribution in [0.1, 0.15) is 13.8 Å². The topological polar surface area (TPSA) is 84.5 Å². The lowest BCUT2D eigenvalue weighted by atomic mass is 10.1. The number of ether oxygens (including phenoxy) is 1. The Labute approximate surface area is 105 Å². The predicted octanol–water partition coefficient (Wildman–Crippen LogP) is 0.704. The fourth-order valence-corrected chi connectivity index (χ4v) is 2.31. The molecular formula is C11H14N2O4S. The molecule has 7 heteroatoms. The lowest BCUT2D eigenvalue weighted by Gasteiger charge is -2.31. The monoisotopic (exact) mass is 270 g/mol.